The number of amides is 1. The van der Waals surface area contributed by atoms with Gasteiger partial charge in [0.2, 0.25) is 0 Å². The minimum absolute atomic E-state index is 0.0165. The maximum Gasteiger partial charge on any atom is 0.301 e. The second kappa shape index (κ2) is 10.3. The number of benzene rings is 4. The highest BCUT2D eigenvalue weighted by Gasteiger charge is 2.48. The molecule has 7 nitrogen and oxygen atoms in total. The molecule has 42 heavy (non-hydrogen) atoms. The molecule has 2 aliphatic heterocycles. The molecular formula is C33H23ClN2O5S. The molecule has 7 rings (SSSR count). The Bertz CT molecular complexity index is 1920. The van der Waals surface area contributed by atoms with Crippen LogP contribution in [0.3, 0.4) is 0 Å². The van der Waals surface area contributed by atoms with Gasteiger partial charge in [-0.15, -0.1) is 0 Å². The van der Waals surface area contributed by atoms with Crippen molar-refractivity contribution in [3.63, 3.8) is 0 Å². The SMILES string of the molecule is CC1Cc2cc(/C(O)=C3\C(=O)C(=O)N(c4nc5ccc(Cl)cc5s4)C3c3cccc(Oc4ccccc4)c3)ccc2O1. The van der Waals surface area contributed by atoms with Gasteiger partial charge in [0.25, 0.3) is 5.78 Å². The number of carbonyl (C=O) groups excluding carboxylic acids is 2. The van der Waals surface area contributed by atoms with Crippen LogP contribution in [0.25, 0.3) is 16.0 Å². The minimum Gasteiger partial charge on any atom is -0.507 e. The summed E-state index contributed by atoms with van der Waals surface area (Å²) in [6.45, 7) is 1.97. The van der Waals surface area contributed by atoms with E-state index in [1.807, 2.05) is 43.3 Å². The van der Waals surface area contributed by atoms with E-state index in [1.54, 1.807) is 54.6 Å². The van der Waals surface area contributed by atoms with E-state index in [2.05, 4.69) is 4.98 Å². The molecule has 5 aromatic rings. The van der Waals surface area contributed by atoms with Gasteiger partial charge in [-0.2, -0.15) is 0 Å². The number of Topliss-reactive ketones (excluding diaryl/α,β-unsaturated/α-hetero) is 1. The third kappa shape index (κ3) is 4.58. The van der Waals surface area contributed by atoms with Crippen molar-refractivity contribution in [3.8, 4) is 17.2 Å². The first kappa shape index (κ1) is 26.3. The lowest BCUT2D eigenvalue weighted by molar-refractivity contribution is -0.132. The highest BCUT2D eigenvalue weighted by Crippen LogP contribution is 2.45. The van der Waals surface area contributed by atoms with Crippen LogP contribution < -0.4 is 14.4 Å². The molecule has 3 heterocycles. The molecule has 0 saturated carbocycles. The van der Waals surface area contributed by atoms with Crippen molar-refractivity contribution >= 4 is 55.7 Å². The quantitative estimate of drug-likeness (QED) is 0.127. The molecule has 1 aromatic heterocycles. The second-order valence-corrected chi connectivity index (χ2v) is 11.7. The van der Waals surface area contributed by atoms with Gasteiger partial charge in [0.15, 0.2) is 5.13 Å². The molecule has 9 heteroatoms. The second-order valence-electron chi connectivity index (χ2n) is 10.2. The summed E-state index contributed by atoms with van der Waals surface area (Å²) < 4.78 is 12.6. The largest absolute Gasteiger partial charge is 0.507 e. The topological polar surface area (TPSA) is 89.0 Å². The monoisotopic (exact) mass is 594 g/mol. The fraction of sp³-hybridized carbons (Fsp3) is 0.121. The van der Waals surface area contributed by atoms with E-state index < -0.39 is 17.7 Å². The lowest BCUT2D eigenvalue weighted by atomic mass is 9.94. The van der Waals surface area contributed by atoms with E-state index in [1.165, 1.54) is 16.2 Å². The maximum absolute atomic E-state index is 13.7. The summed E-state index contributed by atoms with van der Waals surface area (Å²) in [5.74, 6) is 0.0653. The minimum atomic E-state index is -0.955. The molecule has 2 atom stereocenters. The van der Waals surface area contributed by atoms with Crippen LogP contribution in [0.15, 0.2) is 96.6 Å². The summed E-state index contributed by atoms with van der Waals surface area (Å²) in [4.78, 5) is 33.4. The number of aliphatic hydroxyl groups is 1. The molecule has 2 unspecified atom stereocenters. The fourth-order valence-electron chi connectivity index (χ4n) is 5.43. The van der Waals surface area contributed by atoms with Gasteiger partial charge in [0.1, 0.15) is 29.1 Å². The smallest absolute Gasteiger partial charge is 0.301 e. The molecular weight excluding hydrogens is 572 g/mol. The molecule has 1 N–H and O–H groups in total. The summed E-state index contributed by atoms with van der Waals surface area (Å²) in [5, 5.41) is 12.5. The highest BCUT2D eigenvalue weighted by molar-refractivity contribution is 7.22. The number of ketones is 1. The van der Waals surface area contributed by atoms with Crippen LogP contribution in [-0.4, -0.2) is 27.9 Å². The number of ether oxygens (including phenoxy) is 2. The first-order valence-corrected chi connectivity index (χ1v) is 14.5. The normalized spacial score (nSPS) is 19.2. The van der Waals surface area contributed by atoms with Gasteiger partial charge in [0, 0.05) is 17.0 Å². The molecule has 2 aliphatic rings. The lowest BCUT2D eigenvalue weighted by Crippen LogP contribution is -2.29. The molecule has 4 aromatic carbocycles. The van der Waals surface area contributed by atoms with Crippen molar-refractivity contribution in [1.82, 2.24) is 4.98 Å². The summed E-state index contributed by atoms with van der Waals surface area (Å²) in [6.07, 6.45) is 0.698. The van der Waals surface area contributed by atoms with Gasteiger partial charge in [-0.1, -0.05) is 53.3 Å². The Hall–Kier alpha value is -4.66. The van der Waals surface area contributed by atoms with Crippen LogP contribution >= 0.6 is 22.9 Å². The Balaban J connectivity index is 1.38. The molecule has 1 saturated heterocycles. The predicted molar refractivity (Wildman–Crippen MR) is 163 cm³/mol. The van der Waals surface area contributed by atoms with E-state index in [4.69, 9.17) is 21.1 Å². The van der Waals surface area contributed by atoms with E-state index in [0.29, 0.717) is 44.7 Å². The number of anilines is 1. The van der Waals surface area contributed by atoms with Crippen molar-refractivity contribution in [3.05, 3.63) is 118 Å². The molecule has 0 spiro atoms. The van der Waals surface area contributed by atoms with E-state index in [9.17, 15) is 14.7 Å². The standard InChI is InChI=1S/C33H23ClN2O5S/c1-18-14-21-15-20(10-13-26(21)40-18)30(37)28-29(19-6-5-9-24(16-19)41-23-7-3-2-4-8-23)36(32(39)31(28)38)33-35-25-12-11-22(34)17-27(25)42-33/h2-13,15-18,29,37H,14H2,1H3/b30-28+. The summed E-state index contributed by atoms with van der Waals surface area (Å²) >= 11 is 7.46. The Kier molecular flexibility index (Phi) is 6.45. The number of halogens is 1. The zero-order chi connectivity index (χ0) is 29.0. The number of hydrogen-bond donors (Lipinski definition) is 1. The number of para-hydroxylation sites is 1. The van der Waals surface area contributed by atoms with Crippen molar-refractivity contribution < 1.29 is 24.2 Å². The van der Waals surface area contributed by atoms with E-state index in [-0.39, 0.29) is 17.4 Å². The number of fused-ring (bicyclic) bond motifs is 2. The van der Waals surface area contributed by atoms with Gasteiger partial charge in [-0.3, -0.25) is 14.5 Å². The Morgan fingerprint density at radius 3 is 2.64 bits per heavy atom. The van der Waals surface area contributed by atoms with E-state index in [0.717, 1.165) is 16.0 Å². The van der Waals surface area contributed by atoms with Crippen molar-refractivity contribution in [2.75, 3.05) is 4.90 Å². The number of rotatable bonds is 5. The van der Waals surface area contributed by atoms with Crippen LogP contribution in [0.2, 0.25) is 5.02 Å². The summed E-state index contributed by atoms with van der Waals surface area (Å²) in [6, 6.07) is 26.1. The van der Waals surface area contributed by atoms with Crippen molar-refractivity contribution in [2.24, 2.45) is 0 Å². The number of carbonyl (C=O) groups is 2. The van der Waals surface area contributed by atoms with Crippen LogP contribution in [0, 0.1) is 0 Å². The first-order valence-electron chi connectivity index (χ1n) is 13.4. The summed E-state index contributed by atoms with van der Waals surface area (Å²) in [7, 11) is 0. The van der Waals surface area contributed by atoms with Crippen LogP contribution in [0.1, 0.15) is 29.7 Å². The average molecular weight is 595 g/mol. The summed E-state index contributed by atoms with van der Waals surface area (Å²) in [5.41, 5.74) is 2.57. The van der Waals surface area contributed by atoms with Crippen LogP contribution in [-0.2, 0) is 16.0 Å². The van der Waals surface area contributed by atoms with Crippen molar-refractivity contribution in [1.29, 1.82) is 0 Å². The maximum atomic E-state index is 13.7. The average Bonchev–Trinajstić information content (AvgIpc) is 3.65. The Morgan fingerprint density at radius 1 is 1.00 bits per heavy atom. The van der Waals surface area contributed by atoms with Gasteiger partial charge in [-0.05, 0) is 78.7 Å². The highest BCUT2D eigenvalue weighted by atomic mass is 35.5. The van der Waals surface area contributed by atoms with Crippen LogP contribution in [0.4, 0.5) is 5.13 Å². The molecule has 0 bridgehead atoms. The van der Waals surface area contributed by atoms with Gasteiger partial charge in [0.05, 0.1) is 21.8 Å². The fourth-order valence-corrected chi connectivity index (χ4v) is 6.70. The van der Waals surface area contributed by atoms with E-state index >= 15 is 0 Å². The molecule has 0 radical (unpaired) electrons. The number of aromatic nitrogens is 1. The molecule has 208 valence electrons. The Morgan fingerprint density at radius 2 is 1.81 bits per heavy atom. The molecule has 1 amide bonds. The number of hydrogen-bond acceptors (Lipinski definition) is 7. The number of aliphatic hydroxyl groups excluding tert-OH is 1. The number of nitrogens with zero attached hydrogens (tertiary/aromatic N) is 2. The van der Waals surface area contributed by atoms with Crippen LogP contribution in [0.5, 0.6) is 17.2 Å². The zero-order valence-corrected chi connectivity index (χ0v) is 23.9. The number of thiazole rings is 1. The molecule has 0 aliphatic carbocycles. The first-order chi connectivity index (χ1) is 20.4. The third-order valence-corrected chi connectivity index (χ3v) is 8.56. The van der Waals surface area contributed by atoms with Crippen molar-refractivity contribution in [2.45, 2.75) is 25.5 Å². The predicted octanol–water partition coefficient (Wildman–Crippen LogP) is 7.69. The lowest BCUT2D eigenvalue weighted by Gasteiger charge is -2.23. The molecule has 1 fully saturated rings. The Labute approximate surface area is 250 Å². The zero-order valence-electron chi connectivity index (χ0n) is 22.3. The van der Waals surface area contributed by atoms with Gasteiger partial charge < -0.3 is 14.6 Å². The van der Waals surface area contributed by atoms with Gasteiger partial charge in [-0.25, -0.2) is 4.98 Å². The van der Waals surface area contributed by atoms with Gasteiger partial charge >= 0.3 is 5.91 Å². The third-order valence-electron chi connectivity index (χ3n) is 7.31.